The Morgan fingerprint density at radius 3 is 2.13 bits per heavy atom. The number of esters is 2. The van der Waals surface area contributed by atoms with E-state index in [0.29, 0.717) is 105 Å². The van der Waals surface area contributed by atoms with Gasteiger partial charge in [-0.25, -0.2) is 14.5 Å². The third-order valence-corrected chi connectivity index (χ3v) is 13.3. The highest BCUT2D eigenvalue weighted by atomic mass is 16.6. The number of rotatable bonds is 30. The van der Waals surface area contributed by atoms with E-state index >= 15 is 0 Å². The third-order valence-electron chi connectivity index (χ3n) is 13.3. The van der Waals surface area contributed by atoms with Gasteiger partial charge in [0, 0.05) is 47.4 Å². The van der Waals surface area contributed by atoms with Crippen molar-refractivity contribution < 1.29 is 53.0 Å². The average Bonchev–Trinajstić information content (AvgIpc) is 4.12. The summed E-state index contributed by atoms with van der Waals surface area (Å²) in [5.41, 5.74) is 1.55. The van der Waals surface area contributed by atoms with Crippen molar-refractivity contribution in [3.05, 3.63) is 87.2 Å². The molecule has 5 aromatic rings. The molecule has 0 spiro atoms. The molecule has 2 aliphatic rings. The van der Waals surface area contributed by atoms with Crippen molar-refractivity contribution >= 4 is 22.8 Å². The molecule has 0 saturated heterocycles. The zero-order valence-electron chi connectivity index (χ0n) is 40.2. The van der Waals surface area contributed by atoms with Gasteiger partial charge in [-0.2, -0.15) is 0 Å². The molecule has 69 heavy (non-hydrogen) atoms. The van der Waals surface area contributed by atoms with Gasteiger partial charge in [-0.05, 0) is 50.3 Å². The zero-order chi connectivity index (χ0) is 48.9. The summed E-state index contributed by atoms with van der Waals surface area (Å²) in [5.74, 6) is -1.25. The van der Waals surface area contributed by atoms with Crippen molar-refractivity contribution in [1.82, 2.24) is 39.5 Å². The van der Waals surface area contributed by atoms with E-state index < -0.39 is 28.4 Å². The Hall–Kier alpha value is -5.48. The summed E-state index contributed by atoms with van der Waals surface area (Å²) in [6.07, 6.45) is 6.87. The Morgan fingerprint density at radius 1 is 0.812 bits per heavy atom. The van der Waals surface area contributed by atoms with E-state index in [1.54, 1.807) is 46.4 Å². The summed E-state index contributed by atoms with van der Waals surface area (Å²) in [7, 11) is 1.63. The summed E-state index contributed by atoms with van der Waals surface area (Å²) < 4.78 is 45.2. The molecule has 0 saturated carbocycles. The van der Waals surface area contributed by atoms with Crippen LogP contribution in [0.1, 0.15) is 93.8 Å². The number of aryl methyl sites for hydroxylation is 1. The fourth-order valence-electron chi connectivity index (χ4n) is 8.60. The SMILES string of the molecule is CCC(CO)(COCc1cn(CCCCCC(=O)O[C@]2(CC)C(=O)OCc3c2cc2n(c3=O)Cc3cc4ccccc4nc3-2)nn1)COCC(CC)(CO)COCc1cn(CCOCCOC)nn1. The molecule has 0 amide bonds. The minimum Gasteiger partial charge on any atom is -0.457 e. The third kappa shape index (κ3) is 12.1. The number of carbonyl (C=O) groups is 2. The number of aromatic nitrogens is 8. The minimum atomic E-state index is -1.75. The highest BCUT2D eigenvalue weighted by Gasteiger charge is 2.50. The van der Waals surface area contributed by atoms with Crippen LogP contribution in [-0.4, -0.2) is 128 Å². The lowest BCUT2D eigenvalue weighted by molar-refractivity contribution is -0.189. The molecule has 4 aromatic heterocycles. The number of nitrogens with zero attached hydrogens (tertiary/aromatic N) is 8. The van der Waals surface area contributed by atoms with Crippen LogP contribution >= 0.6 is 0 Å². The quantitative estimate of drug-likeness (QED) is 0.0474. The number of fused-ring (bicyclic) bond motifs is 5. The van der Waals surface area contributed by atoms with Gasteiger partial charge in [-0.15, -0.1) is 10.2 Å². The van der Waals surface area contributed by atoms with Crippen molar-refractivity contribution in [2.45, 2.75) is 111 Å². The van der Waals surface area contributed by atoms with Crippen LogP contribution in [0.4, 0.5) is 0 Å². The van der Waals surface area contributed by atoms with Gasteiger partial charge in [0.05, 0.1) is 121 Å². The number of carbonyl (C=O) groups excluding carboxylic acids is 2. The molecule has 20 heteroatoms. The standard InChI is InChI=1S/C49H66N8O12/c1-5-47(29-58,33-67-34-48(6-2,30-59)32-66-27-38-25-56(54-52-38)17-18-64-20-19-63-4)31-65-26-37-24-55(53-51-37)16-12-8-9-15-43(60)69-49(7-3)40-22-42-44-36(21-35-13-10-11-14-41(35)50-44)23-57(42)45(61)39(40)28-68-46(49)62/h10-11,13-14,21-22,24-25,58-59H,5-9,12,15-20,23,26-34H2,1-4H3/t47?,48?,49-/m0/s1. The maximum atomic E-state index is 13.9. The highest BCUT2D eigenvalue weighted by Crippen LogP contribution is 2.41. The molecule has 6 heterocycles. The van der Waals surface area contributed by atoms with Crippen LogP contribution in [0, 0.1) is 10.8 Å². The lowest BCUT2D eigenvalue weighted by Crippen LogP contribution is -2.47. The van der Waals surface area contributed by atoms with E-state index in [0.717, 1.165) is 16.5 Å². The number of cyclic esters (lactones) is 1. The van der Waals surface area contributed by atoms with Crippen molar-refractivity contribution in [2.75, 3.05) is 66.6 Å². The molecule has 7 rings (SSSR count). The first kappa shape index (κ1) is 51.4. The molecule has 0 fully saturated rings. The number of pyridine rings is 2. The van der Waals surface area contributed by atoms with E-state index in [-0.39, 0.29) is 77.9 Å². The molecule has 3 atom stereocenters. The van der Waals surface area contributed by atoms with Crippen molar-refractivity contribution in [3.63, 3.8) is 0 Å². The van der Waals surface area contributed by atoms with Crippen LogP contribution < -0.4 is 5.56 Å². The van der Waals surface area contributed by atoms with Gasteiger partial charge in [0.1, 0.15) is 18.0 Å². The van der Waals surface area contributed by atoms with E-state index in [2.05, 4.69) is 20.6 Å². The summed E-state index contributed by atoms with van der Waals surface area (Å²) in [6.45, 7) is 9.50. The molecular weight excluding hydrogens is 893 g/mol. The highest BCUT2D eigenvalue weighted by molar-refractivity contribution is 5.88. The number of benzene rings is 1. The molecule has 2 aliphatic heterocycles. The Bertz CT molecular complexity index is 2550. The second-order valence-electron chi connectivity index (χ2n) is 18.1. The second-order valence-corrected chi connectivity index (χ2v) is 18.1. The lowest BCUT2D eigenvalue weighted by atomic mass is 9.85. The normalized spacial score (nSPS) is 17.0. The maximum Gasteiger partial charge on any atom is 0.355 e. The summed E-state index contributed by atoms with van der Waals surface area (Å²) in [4.78, 5) is 45.6. The monoisotopic (exact) mass is 958 g/mol. The Balaban J connectivity index is 0.831. The molecule has 0 bridgehead atoms. The van der Waals surface area contributed by atoms with E-state index in [4.69, 9.17) is 38.1 Å². The molecular formula is C49H66N8O12. The van der Waals surface area contributed by atoms with Crippen LogP contribution in [0.25, 0.3) is 22.3 Å². The van der Waals surface area contributed by atoms with Crippen molar-refractivity contribution in [2.24, 2.45) is 10.8 Å². The number of methoxy groups -OCH3 is 1. The van der Waals surface area contributed by atoms with E-state index in [9.17, 15) is 24.6 Å². The molecule has 1 aromatic carbocycles. The van der Waals surface area contributed by atoms with Crippen LogP contribution in [0.5, 0.6) is 0 Å². The van der Waals surface area contributed by atoms with Crippen LogP contribution in [0.3, 0.4) is 0 Å². The first-order chi connectivity index (χ1) is 33.5. The lowest BCUT2D eigenvalue weighted by Gasteiger charge is -2.35. The molecule has 2 N–H and O–H groups in total. The zero-order valence-corrected chi connectivity index (χ0v) is 40.2. The van der Waals surface area contributed by atoms with Gasteiger partial charge < -0.3 is 47.9 Å². The number of para-hydroxylation sites is 1. The fourth-order valence-corrected chi connectivity index (χ4v) is 8.60. The average molecular weight is 959 g/mol. The summed E-state index contributed by atoms with van der Waals surface area (Å²) in [6, 6.07) is 11.6. The first-order valence-corrected chi connectivity index (χ1v) is 23.9. The van der Waals surface area contributed by atoms with Crippen molar-refractivity contribution in [3.8, 4) is 11.4 Å². The number of unbranched alkanes of at least 4 members (excludes halogenated alkanes) is 2. The predicted molar refractivity (Wildman–Crippen MR) is 249 cm³/mol. The van der Waals surface area contributed by atoms with Crippen LogP contribution in [0.15, 0.2) is 53.6 Å². The topological polar surface area (TPSA) is 236 Å². The molecule has 374 valence electrons. The first-order valence-electron chi connectivity index (χ1n) is 23.9. The minimum absolute atomic E-state index is 0.0700. The van der Waals surface area contributed by atoms with Crippen LogP contribution in [0.2, 0.25) is 0 Å². The van der Waals surface area contributed by atoms with Crippen LogP contribution in [-0.2, 0) is 87.8 Å². The van der Waals surface area contributed by atoms with Gasteiger partial charge in [0.25, 0.3) is 5.56 Å². The van der Waals surface area contributed by atoms with Gasteiger partial charge >= 0.3 is 11.9 Å². The number of aliphatic hydroxyl groups is 2. The van der Waals surface area contributed by atoms with E-state index in [1.165, 1.54) is 0 Å². The van der Waals surface area contributed by atoms with E-state index in [1.807, 2.05) is 44.2 Å². The van der Waals surface area contributed by atoms with Crippen molar-refractivity contribution in [1.29, 1.82) is 0 Å². The van der Waals surface area contributed by atoms with Gasteiger partial charge in [-0.1, -0.05) is 55.8 Å². The number of ether oxygens (including phenoxy) is 7. The number of hydrogen-bond donors (Lipinski definition) is 2. The molecule has 2 unspecified atom stereocenters. The molecule has 0 radical (unpaired) electrons. The predicted octanol–water partition coefficient (Wildman–Crippen LogP) is 4.26. The van der Waals surface area contributed by atoms with Gasteiger partial charge in [0.15, 0.2) is 0 Å². The maximum absolute atomic E-state index is 13.9. The Kier molecular flexibility index (Phi) is 17.8. The van der Waals surface area contributed by atoms with Gasteiger partial charge in [-0.3, -0.25) is 14.3 Å². The Morgan fingerprint density at radius 2 is 1.48 bits per heavy atom. The Labute approximate surface area is 401 Å². The summed E-state index contributed by atoms with van der Waals surface area (Å²) >= 11 is 0. The summed E-state index contributed by atoms with van der Waals surface area (Å²) in [5, 5.41) is 38.6. The fraction of sp³-hybridized carbons (Fsp3) is 0.592. The largest absolute Gasteiger partial charge is 0.457 e. The van der Waals surface area contributed by atoms with Gasteiger partial charge in [0.2, 0.25) is 5.60 Å². The second kappa shape index (κ2) is 23.9. The number of aliphatic hydroxyl groups excluding tert-OH is 2. The molecule has 20 nitrogen and oxygen atoms in total. The molecule has 0 aliphatic carbocycles. The number of hydrogen-bond acceptors (Lipinski definition) is 17. The smallest absolute Gasteiger partial charge is 0.355 e.